The number of oxazole rings is 1. The molecule has 2 saturated heterocycles. The van der Waals surface area contributed by atoms with Crippen LogP contribution < -0.4 is 21.5 Å². The van der Waals surface area contributed by atoms with E-state index in [-0.39, 0.29) is 18.6 Å². The van der Waals surface area contributed by atoms with Gasteiger partial charge < -0.3 is 19.4 Å². The summed E-state index contributed by atoms with van der Waals surface area (Å²) in [6.45, 7) is 5.87. The maximum atomic E-state index is 13.5. The highest BCUT2D eigenvalue weighted by molar-refractivity contribution is 5.75. The molecule has 2 aliphatic rings. The zero-order valence-electron chi connectivity index (χ0n) is 17.8. The Bertz CT molecular complexity index is 1190. The molecule has 2 atom stereocenters. The van der Waals surface area contributed by atoms with Crippen molar-refractivity contribution in [3.05, 3.63) is 39.2 Å². The van der Waals surface area contributed by atoms with Crippen molar-refractivity contribution in [2.45, 2.75) is 32.5 Å². The summed E-state index contributed by atoms with van der Waals surface area (Å²) < 4.78 is 15.4. The Morgan fingerprint density at radius 3 is 2.94 bits per heavy atom. The summed E-state index contributed by atoms with van der Waals surface area (Å²) in [6, 6.07) is 0.317. The van der Waals surface area contributed by atoms with E-state index in [2.05, 4.69) is 15.2 Å². The van der Waals surface area contributed by atoms with Gasteiger partial charge in [-0.1, -0.05) is 0 Å². The average Bonchev–Trinajstić information content (AvgIpc) is 3.53. The molecule has 2 fully saturated rings. The van der Waals surface area contributed by atoms with Gasteiger partial charge in [0.15, 0.2) is 11.2 Å². The average molecular weight is 429 g/mol. The predicted octanol–water partition coefficient (Wildman–Crippen LogP) is -0.232. The molecule has 5 rings (SSSR count). The van der Waals surface area contributed by atoms with Crippen molar-refractivity contribution in [1.82, 2.24) is 29.0 Å². The van der Waals surface area contributed by atoms with Crippen molar-refractivity contribution in [2.75, 3.05) is 37.7 Å². The molecule has 3 aromatic heterocycles. The van der Waals surface area contributed by atoms with E-state index in [9.17, 15) is 9.59 Å². The first-order chi connectivity index (χ1) is 15.1. The number of imidazole rings is 1. The fourth-order valence-corrected chi connectivity index (χ4v) is 4.79. The maximum Gasteiger partial charge on any atom is 0.332 e. The number of fused-ring (bicyclic) bond motifs is 2. The van der Waals surface area contributed by atoms with Crippen molar-refractivity contribution in [2.24, 2.45) is 13.0 Å². The second-order valence-corrected chi connectivity index (χ2v) is 8.06. The van der Waals surface area contributed by atoms with Crippen LogP contribution in [0, 0.1) is 5.92 Å². The number of ether oxygens (including phenoxy) is 1. The van der Waals surface area contributed by atoms with Gasteiger partial charge in [0, 0.05) is 39.3 Å². The highest BCUT2D eigenvalue weighted by atomic mass is 16.5. The molecule has 0 saturated carbocycles. The molecule has 2 aliphatic heterocycles. The minimum Gasteiger partial charge on any atom is -0.447 e. The number of aromatic nitrogens is 5. The van der Waals surface area contributed by atoms with Crippen LogP contribution in [0.1, 0.15) is 19.2 Å². The van der Waals surface area contributed by atoms with Gasteiger partial charge in [0.05, 0.1) is 19.3 Å². The van der Waals surface area contributed by atoms with E-state index in [4.69, 9.17) is 14.1 Å². The predicted molar refractivity (Wildman–Crippen MR) is 113 cm³/mol. The molecule has 1 N–H and O–H groups in total. The first-order valence-corrected chi connectivity index (χ1v) is 10.7. The largest absolute Gasteiger partial charge is 0.447 e. The van der Waals surface area contributed by atoms with Crippen molar-refractivity contribution in [1.29, 1.82) is 0 Å². The second kappa shape index (κ2) is 7.97. The summed E-state index contributed by atoms with van der Waals surface area (Å²) in [5, 5.41) is 3.45. The summed E-state index contributed by atoms with van der Waals surface area (Å²) in [7, 11) is 1.65. The van der Waals surface area contributed by atoms with Crippen LogP contribution in [0.3, 0.4) is 0 Å². The fraction of sp³-hybridized carbons (Fsp3) is 0.600. The van der Waals surface area contributed by atoms with Gasteiger partial charge in [-0.2, -0.15) is 4.98 Å². The normalized spacial score (nSPS) is 20.8. The third-order valence-electron chi connectivity index (χ3n) is 6.35. The summed E-state index contributed by atoms with van der Waals surface area (Å²) >= 11 is 0. The Hall–Kier alpha value is -2.92. The SMILES string of the molecule is CCOCCn1c(=O)c2c(nc(N3CCC4CNCC43)n2Cc2ncco2)n(C)c1=O. The zero-order chi connectivity index (χ0) is 21.5. The molecule has 11 nitrogen and oxygen atoms in total. The lowest BCUT2D eigenvalue weighted by molar-refractivity contribution is 0.137. The number of rotatable bonds is 7. The van der Waals surface area contributed by atoms with Crippen LogP contribution in [0.5, 0.6) is 0 Å². The number of hydrogen-bond acceptors (Lipinski definition) is 8. The molecule has 31 heavy (non-hydrogen) atoms. The molecule has 166 valence electrons. The molecule has 5 heterocycles. The smallest absolute Gasteiger partial charge is 0.332 e. The lowest BCUT2D eigenvalue weighted by Gasteiger charge is -2.25. The Morgan fingerprint density at radius 1 is 1.29 bits per heavy atom. The van der Waals surface area contributed by atoms with E-state index in [1.165, 1.54) is 15.4 Å². The Labute approximate surface area is 178 Å². The number of nitrogens with zero attached hydrogens (tertiary/aromatic N) is 6. The van der Waals surface area contributed by atoms with Crippen LogP contribution in [0.2, 0.25) is 0 Å². The lowest BCUT2D eigenvalue weighted by atomic mass is 10.1. The van der Waals surface area contributed by atoms with Crippen LogP contribution in [-0.2, 0) is 24.9 Å². The van der Waals surface area contributed by atoms with Gasteiger partial charge in [0.2, 0.25) is 11.8 Å². The number of aryl methyl sites for hydroxylation is 1. The summed E-state index contributed by atoms with van der Waals surface area (Å²) in [5.41, 5.74) is -0.0189. The molecule has 0 aliphatic carbocycles. The molecule has 11 heteroatoms. The van der Waals surface area contributed by atoms with Crippen LogP contribution in [0.25, 0.3) is 11.2 Å². The van der Waals surface area contributed by atoms with Crippen molar-refractivity contribution in [3.8, 4) is 0 Å². The van der Waals surface area contributed by atoms with E-state index >= 15 is 0 Å². The Balaban J connectivity index is 1.69. The quantitative estimate of drug-likeness (QED) is 0.513. The van der Waals surface area contributed by atoms with Gasteiger partial charge in [-0.3, -0.25) is 18.5 Å². The minimum atomic E-state index is -0.397. The summed E-state index contributed by atoms with van der Waals surface area (Å²) in [6.07, 6.45) is 4.16. The summed E-state index contributed by atoms with van der Waals surface area (Å²) in [4.78, 5) is 37.7. The van der Waals surface area contributed by atoms with Gasteiger partial charge >= 0.3 is 5.69 Å². The zero-order valence-corrected chi connectivity index (χ0v) is 17.8. The van der Waals surface area contributed by atoms with Gasteiger partial charge in [0.1, 0.15) is 12.8 Å². The van der Waals surface area contributed by atoms with Crippen molar-refractivity contribution >= 4 is 17.1 Å². The first-order valence-electron chi connectivity index (χ1n) is 10.7. The number of anilines is 1. The van der Waals surface area contributed by atoms with E-state index in [1.54, 1.807) is 13.2 Å². The third kappa shape index (κ3) is 3.28. The minimum absolute atomic E-state index is 0.188. The molecule has 2 unspecified atom stereocenters. The van der Waals surface area contributed by atoms with Crippen molar-refractivity contribution < 1.29 is 9.15 Å². The van der Waals surface area contributed by atoms with Crippen LogP contribution >= 0.6 is 0 Å². The van der Waals surface area contributed by atoms with Gasteiger partial charge in [0.25, 0.3) is 5.56 Å². The molecule has 3 aromatic rings. The van der Waals surface area contributed by atoms with E-state index in [0.717, 1.165) is 26.1 Å². The highest BCUT2D eigenvalue weighted by Gasteiger charge is 2.40. The fourth-order valence-electron chi connectivity index (χ4n) is 4.79. The van der Waals surface area contributed by atoms with Gasteiger partial charge in [-0.15, -0.1) is 0 Å². The lowest BCUT2D eigenvalue weighted by Crippen LogP contribution is -2.40. The summed E-state index contributed by atoms with van der Waals surface area (Å²) in [5.74, 6) is 1.72. The van der Waals surface area contributed by atoms with Crippen LogP contribution in [-0.4, -0.2) is 62.6 Å². The topological polar surface area (TPSA) is 112 Å². The monoisotopic (exact) mass is 429 g/mol. The molecule has 0 spiro atoms. The number of nitrogens with one attached hydrogen (secondary N) is 1. The van der Waals surface area contributed by atoms with Crippen LogP contribution in [0.15, 0.2) is 26.5 Å². The first kappa shape index (κ1) is 20.0. The molecule has 0 bridgehead atoms. The standard InChI is InChI=1S/C20H27N7O4/c1-3-30-9-7-26-18(28)16-17(24(2)20(26)29)23-19(27(16)12-15-22-5-8-31-15)25-6-4-13-10-21-11-14(13)25/h5,8,13-14,21H,3-4,6-7,9-12H2,1-2H3. The second-order valence-electron chi connectivity index (χ2n) is 8.06. The van der Waals surface area contributed by atoms with E-state index in [0.29, 0.717) is 48.2 Å². The molecule has 0 radical (unpaired) electrons. The van der Waals surface area contributed by atoms with Crippen LogP contribution in [0.4, 0.5) is 5.95 Å². The Kier molecular flexibility index (Phi) is 5.14. The molecular weight excluding hydrogens is 402 g/mol. The number of hydrogen-bond donors (Lipinski definition) is 1. The molecule has 0 amide bonds. The van der Waals surface area contributed by atoms with Crippen molar-refractivity contribution in [3.63, 3.8) is 0 Å². The van der Waals surface area contributed by atoms with E-state index in [1.807, 2.05) is 11.5 Å². The maximum absolute atomic E-state index is 13.5. The van der Waals surface area contributed by atoms with Gasteiger partial charge in [-0.25, -0.2) is 9.78 Å². The molecular formula is C20H27N7O4. The third-order valence-corrected chi connectivity index (χ3v) is 6.35. The van der Waals surface area contributed by atoms with E-state index < -0.39 is 5.69 Å². The van der Waals surface area contributed by atoms with Gasteiger partial charge in [-0.05, 0) is 19.3 Å². The molecule has 0 aromatic carbocycles. The highest BCUT2D eigenvalue weighted by Crippen LogP contribution is 2.33. The Morgan fingerprint density at radius 2 is 2.16 bits per heavy atom.